The molecule has 5 heteroatoms. The van der Waals surface area contributed by atoms with Crippen LogP contribution < -0.4 is 25.3 Å². The summed E-state index contributed by atoms with van der Waals surface area (Å²) in [7, 11) is 4.83. The van der Waals surface area contributed by atoms with Gasteiger partial charge in [0.25, 0.3) is 0 Å². The van der Waals surface area contributed by atoms with Gasteiger partial charge >= 0.3 is 0 Å². The van der Waals surface area contributed by atoms with Crippen LogP contribution in [-0.4, -0.2) is 21.3 Å². The maximum Gasteiger partial charge on any atom is 0.162 e. The zero-order valence-electron chi connectivity index (χ0n) is 12.5. The van der Waals surface area contributed by atoms with Crippen molar-refractivity contribution in [3.05, 3.63) is 42.0 Å². The molecular weight excluding hydrogens is 268 g/mol. The van der Waals surface area contributed by atoms with Crippen LogP contribution in [0.1, 0.15) is 5.56 Å². The smallest absolute Gasteiger partial charge is 0.162 e. The van der Waals surface area contributed by atoms with Crippen molar-refractivity contribution in [3.63, 3.8) is 0 Å². The Morgan fingerprint density at radius 2 is 1.52 bits per heavy atom. The molecule has 0 saturated carbocycles. The molecule has 0 saturated heterocycles. The van der Waals surface area contributed by atoms with E-state index in [2.05, 4.69) is 5.32 Å². The van der Waals surface area contributed by atoms with E-state index in [1.54, 1.807) is 27.4 Å². The second kappa shape index (κ2) is 6.74. The van der Waals surface area contributed by atoms with Crippen LogP contribution in [-0.2, 0) is 6.54 Å². The predicted octanol–water partition coefficient (Wildman–Crippen LogP) is 2.91. The predicted molar refractivity (Wildman–Crippen MR) is 84.3 cm³/mol. The van der Waals surface area contributed by atoms with E-state index in [1.807, 2.05) is 30.3 Å². The minimum absolute atomic E-state index is 0.600. The minimum Gasteiger partial charge on any atom is -0.496 e. The second-order valence-electron chi connectivity index (χ2n) is 4.46. The van der Waals surface area contributed by atoms with Gasteiger partial charge in [-0.15, -0.1) is 0 Å². The highest BCUT2D eigenvalue weighted by molar-refractivity contribution is 5.72. The van der Waals surface area contributed by atoms with Crippen molar-refractivity contribution in [2.75, 3.05) is 32.4 Å². The summed E-state index contributed by atoms with van der Waals surface area (Å²) >= 11 is 0. The molecule has 0 heterocycles. The zero-order chi connectivity index (χ0) is 15.2. The molecule has 3 N–H and O–H groups in total. The maximum atomic E-state index is 6.03. The lowest BCUT2D eigenvalue weighted by molar-refractivity contribution is 0.355. The monoisotopic (exact) mass is 288 g/mol. The third kappa shape index (κ3) is 3.31. The van der Waals surface area contributed by atoms with E-state index in [1.165, 1.54) is 0 Å². The zero-order valence-corrected chi connectivity index (χ0v) is 12.5. The number of nitrogens with one attached hydrogen (secondary N) is 1. The van der Waals surface area contributed by atoms with Gasteiger partial charge in [-0.1, -0.05) is 18.2 Å². The molecule has 0 atom stereocenters. The topological polar surface area (TPSA) is 65.7 Å². The van der Waals surface area contributed by atoms with Crippen LogP contribution in [0.4, 0.5) is 11.4 Å². The molecule has 0 bridgehead atoms. The summed E-state index contributed by atoms with van der Waals surface area (Å²) in [6.45, 7) is 0.601. The number of rotatable bonds is 6. The quantitative estimate of drug-likeness (QED) is 0.800. The molecule has 0 aliphatic rings. The van der Waals surface area contributed by atoms with Gasteiger partial charge in [-0.2, -0.15) is 0 Å². The fourth-order valence-corrected chi connectivity index (χ4v) is 2.09. The van der Waals surface area contributed by atoms with E-state index in [0.717, 1.165) is 17.0 Å². The largest absolute Gasteiger partial charge is 0.496 e. The van der Waals surface area contributed by atoms with Crippen LogP contribution in [0, 0.1) is 0 Å². The molecule has 21 heavy (non-hydrogen) atoms. The minimum atomic E-state index is 0.600. The van der Waals surface area contributed by atoms with Gasteiger partial charge in [0.1, 0.15) is 5.75 Å². The molecule has 2 aromatic rings. The molecule has 0 aliphatic heterocycles. The Labute approximate surface area is 124 Å². The summed E-state index contributed by atoms with van der Waals surface area (Å²) in [5, 5.41) is 3.29. The lowest BCUT2D eigenvalue weighted by atomic mass is 10.2. The van der Waals surface area contributed by atoms with E-state index in [4.69, 9.17) is 19.9 Å². The van der Waals surface area contributed by atoms with Gasteiger partial charge in [-0.3, -0.25) is 0 Å². The van der Waals surface area contributed by atoms with Gasteiger partial charge in [-0.25, -0.2) is 0 Å². The van der Waals surface area contributed by atoms with E-state index in [0.29, 0.717) is 23.7 Å². The van der Waals surface area contributed by atoms with Crippen molar-refractivity contribution >= 4 is 11.4 Å². The van der Waals surface area contributed by atoms with Crippen molar-refractivity contribution in [2.45, 2.75) is 6.54 Å². The Balaban J connectivity index is 2.20. The van der Waals surface area contributed by atoms with E-state index < -0.39 is 0 Å². The highest BCUT2D eigenvalue weighted by Gasteiger charge is 2.09. The Morgan fingerprint density at radius 3 is 2.19 bits per heavy atom. The molecule has 2 aromatic carbocycles. The van der Waals surface area contributed by atoms with Gasteiger partial charge in [0.15, 0.2) is 11.5 Å². The summed E-state index contributed by atoms with van der Waals surface area (Å²) < 4.78 is 15.8. The molecule has 0 spiro atoms. The standard InChI is InChI=1S/C16H20N2O3/c1-19-14-7-5-4-6-11(14)10-18-13-9-16(21-3)15(20-2)8-12(13)17/h4-9,18H,10,17H2,1-3H3. The Hall–Kier alpha value is -2.56. The fourth-order valence-electron chi connectivity index (χ4n) is 2.09. The normalized spacial score (nSPS) is 10.0. The van der Waals surface area contributed by atoms with Crippen LogP contribution in [0.15, 0.2) is 36.4 Å². The second-order valence-corrected chi connectivity index (χ2v) is 4.46. The Kier molecular flexibility index (Phi) is 4.77. The van der Waals surface area contributed by atoms with Crippen LogP contribution in [0.2, 0.25) is 0 Å². The van der Waals surface area contributed by atoms with Crippen LogP contribution in [0.5, 0.6) is 17.2 Å². The molecule has 0 aliphatic carbocycles. The van der Waals surface area contributed by atoms with Crippen molar-refractivity contribution in [2.24, 2.45) is 0 Å². The lowest BCUT2D eigenvalue weighted by Gasteiger charge is -2.15. The highest BCUT2D eigenvalue weighted by atomic mass is 16.5. The van der Waals surface area contributed by atoms with Gasteiger partial charge in [-0.05, 0) is 6.07 Å². The summed E-state index contributed by atoms with van der Waals surface area (Å²) in [6.07, 6.45) is 0. The third-order valence-electron chi connectivity index (χ3n) is 3.22. The average Bonchev–Trinajstić information content (AvgIpc) is 2.53. The number of benzene rings is 2. The van der Waals surface area contributed by atoms with Crippen molar-refractivity contribution < 1.29 is 14.2 Å². The number of hydrogen-bond donors (Lipinski definition) is 2. The van der Waals surface area contributed by atoms with Crippen LogP contribution in [0.25, 0.3) is 0 Å². The van der Waals surface area contributed by atoms with Gasteiger partial charge in [0.05, 0.1) is 32.7 Å². The summed E-state index contributed by atoms with van der Waals surface area (Å²) in [5.41, 5.74) is 8.47. The first kappa shape index (κ1) is 14.8. The van der Waals surface area contributed by atoms with Gasteiger partial charge in [0, 0.05) is 24.2 Å². The van der Waals surface area contributed by atoms with Crippen LogP contribution >= 0.6 is 0 Å². The third-order valence-corrected chi connectivity index (χ3v) is 3.22. The molecule has 2 rings (SSSR count). The molecule has 0 amide bonds. The Bertz CT molecular complexity index is 614. The number of anilines is 2. The van der Waals surface area contributed by atoms with Gasteiger partial charge < -0.3 is 25.3 Å². The maximum absolute atomic E-state index is 6.03. The first-order chi connectivity index (χ1) is 10.2. The van der Waals surface area contributed by atoms with Gasteiger partial charge in [0.2, 0.25) is 0 Å². The summed E-state index contributed by atoms with van der Waals surface area (Å²) in [6, 6.07) is 11.4. The first-order valence-electron chi connectivity index (χ1n) is 6.56. The molecule has 0 radical (unpaired) electrons. The lowest BCUT2D eigenvalue weighted by Crippen LogP contribution is -2.05. The fraction of sp³-hybridized carbons (Fsp3) is 0.250. The number of nitrogen functional groups attached to an aromatic ring is 1. The SMILES string of the molecule is COc1ccccc1CNc1cc(OC)c(OC)cc1N. The Morgan fingerprint density at radius 1 is 0.905 bits per heavy atom. The summed E-state index contributed by atoms with van der Waals surface area (Å²) in [5.74, 6) is 2.08. The number of ether oxygens (including phenoxy) is 3. The number of para-hydroxylation sites is 1. The number of methoxy groups -OCH3 is 3. The molecule has 0 unspecified atom stereocenters. The summed E-state index contributed by atoms with van der Waals surface area (Å²) in [4.78, 5) is 0. The van der Waals surface area contributed by atoms with Crippen molar-refractivity contribution in [1.29, 1.82) is 0 Å². The first-order valence-corrected chi connectivity index (χ1v) is 6.56. The van der Waals surface area contributed by atoms with E-state index >= 15 is 0 Å². The molecular formula is C16H20N2O3. The van der Waals surface area contributed by atoms with E-state index in [-0.39, 0.29) is 0 Å². The number of nitrogens with two attached hydrogens (primary N) is 1. The van der Waals surface area contributed by atoms with Crippen molar-refractivity contribution in [1.82, 2.24) is 0 Å². The van der Waals surface area contributed by atoms with Crippen LogP contribution in [0.3, 0.4) is 0 Å². The average molecular weight is 288 g/mol. The van der Waals surface area contributed by atoms with Crippen molar-refractivity contribution in [3.8, 4) is 17.2 Å². The molecule has 0 aromatic heterocycles. The molecule has 112 valence electrons. The molecule has 5 nitrogen and oxygen atoms in total. The number of hydrogen-bond acceptors (Lipinski definition) is 5. The van der Waals surface area contributed by atoms with E-state index in [9.17, 15) is 0 Å². The molecule has 0 fully saturated rings. The highest BCUT2D eigenvalue weighted by Crippen LogP contribution is 2.35.